The maximum atomic E-state index is 11.5. The number of esters is 1. The molecule has 0 fully saturated rings. The smallest absolute Gasteiger partial charge is 0.351 e. The van der Waals surface area contributed by atoms with Gasteiger partial charge in [0.05, 0.1) is 11.1 Å². The van der Waals surface area contributed by atoms with Gasteiger partial charge in [-0.25, -0.2) is 4.79 Å². The predicted molar refractivity (Wildman–Crippen MR) is 62.7 cm³/mol. The van der Waals surface area contributed by atoms with Crippen LogP contribution in [-0.4, -0.2) is 16.9 Å². The van der Waals surface area contributed by atoms with Gasteiger partial charge in [-0.05, 0) is 49.8 Å². The maximum Gasteiger partial charge on any atom is 0.351 e. The molecule has 1 heterocycles. The standard InChI is InChI=1S/C8H9Br2NO2S/c1-2-3-4-13-8(12)6-5(9)7(10)11-14-6/h2-4H2,1H3. The largest absolute Gasteiger partial charge is 0.461 e. The van der Waals surface area contributed by atoms with E-state index in [9.17, 15) is 4.79 Å². The van der Waals surface area contributed by atoms with Gasteiger partial charge in [-0.15, -0.1) is 0 Å². The Morgan fingerprint density at radius 3 is 2.79 bits per heavy atom. The fourth-order valence-electron chi connectivity index (χ4n) is 0.761. The van der Waals surface area contributed by atoms with Crippen LogP contribution in [0.2, 0.25) is 0 Å². The fourth-order valence-corrected chi connectivity index (χ4v) is 2.47. The molecule has 0 atom stereocenters. The second kappa shape index (κ2) is 5.82. The SMILES string of the molecule is CCCCOC(=O)c1snc(Br)c1Br. The molecule has 0 bridgehead atoms. The molecule has 0 aliphatic rings. The van der Waals surface area contributed by atoms with Crippen molar-refractivity contribution in [2.24, 2.45) is 0 Å². The fraction of sp³-hybridized carbons (Fsp3) is 0.500. The van der Waals surface area contributed by atoms with E-state index in [4.69, 9.17) is 4.74 Å². The minimum Gasteiger partial charge on any atom is -0.461 e. The lowest BCUT2D eigenvalue weighted by Crippen LogP contribution is -2.04. The van der Waals surface area contributed by atoms with E-state index in [0.717, 1.165) is 24.4 Å². The highest BCUT2D eigenvalue weighted by molar-refractivity contribution is 9.13. The highest BCUT2D eigenvalue weighted by atomic mass is 79.9. The lowest BCUT2D eigenvalue weighted by atomic mass is 10.4. The van der Waals surface area contributed by atoms with Crippen molar-refractivity contribution in [2.75, 3.05) is 6.61 Å². The lowest BCUT2D eigenvalue weighted by molar-refractivity contribution is 0.0504. The van der Waals surface area contributed by atoms with Crippen molar-refractivity contribution in [1.82, 2.24) is 4.37 Å². The van der Waals surface area contributed by atoms with E-state index >= 15 is 0 Å². The molecule has 0 amide bonds. The van der Waals surface area contributed by atoms with Crippen molar-refractivity contribution < 1.29 is 9.53 Å². The Morgan fingerprint density at radius 2 is 2.29 bits per heavy atom. The van der Waals surface area contributed by atoms with Crippen molar-refractivity contribution in [2.45, 2.75) is 19.8 Å². The Hall–Kier alpha value is 0.0600. The number of halogens is 2. The molecule has 0 saturated carbocycles. The first-order valence-corrected chi connectivity index (χ1v) is 6.50. The zero-order chi connectivity index (χ0) is 10.6. The van der Waals surface area contributed by atoms with Crippen LogP contribution < -0.4 is 0 Å². The van der Waals surface area contributed by atoms with Gasteiger partial charge in [0, 0.05) is 0 Å². The average Bonchev–Trinajstić information content (AvgIpc) is 2.48. The van der Waals surface area contributed by atoms with Crippen molar-refractivity contribution in [3.8, 4) is 0 Å². The Morgan fingerprint density at radius 1 is 1.57 bits per heavy atom. The number of hydrogen-bond acceptors (Lipinski definition) is 4. The van der Waals surface area contributed by atoms with Crippen LogP contribution in [0.1, 0.15) is 29.4 Å². The summed E-state index contributed by atoms with van der Waals surface area (Å²) in [6.07, 6.45) is 1.91. The van der Waals surface area contributed by atoms with Gasteiger partial charge in [-0.3, -0.25) is 0 Å². The molecule has 0 aliphatic heterocycles. The topological polar surface area (TPSA) is 39.2 Å². The summed E-state index contributed by atoms with van der Waals surface area (Å²) in [7, 11) is 0. The molecule has 0 N–H and O–H groups in total. The molecule has 6 heteroatoms. The zero-order valence-corrected chi connectivity index (χ0v) is 11.5. The summed E-state index contributed by atoms with van der Waals surface area (Å²) in [4.78, 5) is 12.0. The van der Waals surface area contributed by atoms with Crippen molar-refractivity contribution >= 4 is 49.4 Å². The molecule has 14 heavy (non-hydrogen) atoms. The van der Waals surface area contributed by atoms with Crippen molar-refractivity contribution in [3.63, 3.8) is 0 Å². The number of carbonyl (C=O) groups excluding carboxylic acids is 1. The van der Waals surface area contributed by atoms with E-state index in [2.05, 4.69) is 36.2 Å². The van der Waals surface area contributed by atoms with Crippen LogP contribution in [0.15, 0.2) is 9.08 Å². The number of rotatable bonds is 4. The summed E-state index contributed by atoms with van der Waals surface area (Å²) < 4.78 is 10.3. The van der Waals surface area contributed by atoms with E-state index in [1.165, 1.54) is 0 Å². The first kappa shape index (κ1) is 12.1. The van der Waals surface area contributed by atoms with Gasteiger partial charge in [0.1, 0.15) is 9.48 Å². The normalized spacial score (nSPS) is 10.2. The van der Waals surface area contributed by atoms with Crippen LogP contribution in [0.3, 0.4) is 0 Å². The van der Waals surface area contributed by atoms with Crippen molar-refractivity contribution in [3.05, 3.63) is 14.0 Å². The molecular formula is C8H9Br2NO2S. The van der Waals surface area contributed by atoms with Gasteiger partial charge in [0.25, 0.3) is 0 Å². The number of nitrogens with zero attached hydrogens (tertiary/aromatic N) is 1. The lowest BCUT2D eigenvalue weighted by Gasteiger charge is -2.00. The minimum absolute atomic E-state index is 0.312. The number of hydrogen-bond donors (Lipinski definition) is 0. The van der Waals surface area contributed by atoms with E-state index in [1.54, 1.807) is 0 Å². The summed E-state index contributed by atoms with van der Waals surface area (Å²) in [5.74, 6) is -0.312. The third kappa shape index (κ3) is 3.03. The summed E-state index contributed by atoms with van der Waals surface area (Å²) in [5, 5.41) is 0. The molecule has 0 radical (unpaired) electrons. The summed E-state index contributed by atoms with van der Waals surface area (Å²) in [6, 6.07) is 0. The van der Waals surface area contributed by atoms with Gasteiger partial charge in [0.15, 0.2) is 0 Å². The quantitative estimate of drug-likeness (QED) is 0.619. The van der Waals surface area contributed by atoms with E-state index in [0.29, 0.717) is 20.6 Å². The van der Waals surface area contributed by atoms with Crippen LogP contribution >= 0.6 is 43.4 Å². The second-order valence-corrected chi connectivity index (χ2v) is 4.92. The summed E-state index contributed by atoms with van der Waals surface area (Å²) >= 11 is 7.59. The monoisotopic (exact) mass is 341 g/mol. The van der Waals surface area contributed by atoms with Crippen LogP contribution in [0.25, 0.3) is 0 Å². The number of aromatic nitrogens is 1. The Balaban J connectivity index is 2.56. The van der Waals surface area contributed by atoms with Crippen molar-refractivity contribution in [1.29, 1.82) is 0 Å². The maximum absolute atomic E-state index is 11.5. The summed E-state index contributed by atoms with van der Waals surface area (Å²) in [5.41, 5.74) is 0. The average molecular weight is 343 g/mol. The molecule has 0 saturated heterocycles. The zero-order valence-electron chi connectivity index (χ0n) is 7.55. The molecule has 0 aromatic carbocycles. The molecule has 1 rings (SSSR count). The van der Waals surface area contributed by atoms with Gasteiger partial charge < -0.3 is 4.74 Å². The predicted octanol–water partition coefficient (Wildman–Crippen LogP) is 3.63. The Kier molecular flexibility index (Phi) is 5.05. The van der Waals surface area contributed by atoms with Crippen LogP contribution in [0.4, 0.5) is 0 Å². The van der Waals surface area contributed by atoms with E-state index in [-0.39, 0.29) is 5.97 Å². The minimum atomic E-state index is -0.312. The molecule has 3 nitrogen and oxygen atoms in total. The van der Waals surface area contributed by atoms with E-state index in [1.807, 2.05) is 6.92 Å². The van der Waals surface area contributed by atoms with Crippen LogP contribution in [-0.2, 0) is 4.74 Å². The molecular weight excluding hydrogens is 334 g/mol. The number of carbonyl (C=O) groups is 1. The molecule has 1 aromatic rings. The first-order chi connectivity index (χ1) is 6.66. The first-order valence-electron chi connectivity index (χ1n) is 4.14. The third-order valence-electron chi connectivity index (χ3n) is 1.51. The Bertz CT molecular complexity index is 327. The van der Waals surface area contributed by atoms with Gasteiger partial charge in [0.2, 0.25) is 0 Å². The highest BCUT2D eigenvalue weighted by Gasteiger charge is 2.17. The molecule has 1 aromatic heterocycles. The van der Waals surface area contributed by atoms with Gasteiger partial charge in [-0.2, -0.15) is 4.37 Å². The summed E-state index contributed by atoms with van der Waals surface area (Å²) in [6.45, 7) is 2.52. The third-order valence-corrected chi connectivity index (χ3v) is 4.72. The van der Waals surface area contributed by atoms with E-state index < -0.39 is 0 Å². The molecule has 0 unspecified atom stereocenters. The second-order valence-electron chi connectivity index (χ2n) is 2.61. The highest BCUT2D eigenvalue weighted by Crippen LogP contribution is 2.29. The molecule has 0 aliphatic carbocycles. The Labute approximate surface area is 103 Å². The van der Waals surface area contributed by atoms with Gasteiger partial charge in [-0.1, -0.05) is 13.3 Å². The number of unbranched alkanes of at least 4 members (excludes halogenated alkanes) is 1. The van der Waals surface area contributed by atoms with Gasteiger partial charge >= 0.3 is 5.97 Å². The van der Waals surface area contributed by atoms with Crippen LogP contribution in [0.5, 0.6) is 0 Å². The molecule has 0 spiro atoms. The van der Waals surface area contributed by atoms with Crippen LogP contribution in [0, 0.1) is 0 Å². The molecule has 78 valence electrons. The number of ether oxygens (including phenoxy) is 1.